The number of ether oxygens (including phenoxy) is 3. The highest BCUT2D eigenvalue weighted by Crippen LogP contribution is 2.34. The van der Waals surface area contributed by atoms with Gasteiger partial charge in [0.25, 0.3) is 0 Å². The van der Waals surface area contributed by atoms with Gasteiger partial charge in [-0.25, -0.2) is 14.4 Å². The van der Waals surface area contributed by atoms with Crippen LogP contribution in [0.2, 0.25) is 0 Å². The van der Waals surface area contributed by atoms with Gasteiger partial charge in [-0.3, -0.25) is 0 Å². The number of hydrogen-bond donors (Lipinski definition) is 1. The number of benzene rings is 1. The van der Waals surface area contributed by atoms with Crippen LogP contribution in [0.4, 0.5) is 18.9 Å². The molecule has 10 heteroatoms. The van der Waals surface area contributed by atoms with Gasteiger partial charge in [0.15, 0.2) is 0 Å². The Bertz CT molecular complexity index is 712. The fraction of sp³-hybridized carbons (Fsp3) is 0.267. The van der Waals surface area contributed by atoms with Crippen molar-refractivity contribution < 1.29 is 41.8 Å². The van der Waals surface area contributed by atoms with Crippen molar-refractivity contribution in [2.45, 2.75) is 6.18 Å². The molecule has 0 spiro atoms. The maximum absolute atomic E-state index is 13.1. The highest BCUT2D eigenvalue weighted by molar-refractivity contribution is 5.99. The second-order valence-corrected chi connectivity index (χ2v) is 4.45. The minimum absolute atomic E-state index is 0.208. The van der Waals surface area contributed by atoms with E-state index in [1.165, 1.54) is 0 Å². The highest BCUT2D eigenvalue weighted by Gasteiger charge is 2.36. The monoisotopic (exact) mass is 361 g/mol. The molecular formula is C15H14F3NO6. The molecule has 1 aromatic rings. The summed E-state index contributed by atoms with van der Waals surface area (Å²) in [5.74, 6) is -3.09. The summed E-state index contributed by atoms with van der Waals surface area (Å²) >= 11 is 0. The number of methoxy groups -OCH3 is 3. The molecule has 0 amide bonds. The smallest absolute Gasteiger partial charge is 0.417 e. The van der Waals surface area contributed by atoms with E-state index in [2.05, 4.69) is 19.5 Å². The van der Waals surface area contributed by atoms with Crippen LogP contribution in [0.15, 0.2) is 30.0 Å². The molecule has 7 nitrogen and oxygen atoms in total. The molecular weight excluding hydrogens is 347 g/mol. The zero-order valence-electron chi connectivity index (χ0n) is 13.4. The molecule has 0 fully saturated rings. The zero-order valence-corrected chi connectivity index (χ0v) is 13.4. The predicted molar refractivity (Wildman–Crippen MR) is 78.5 cm³/mol. The van der Waals surface area contributed by atoms with Crippen molar-refractivity contribution in [1.82, 2.24) is 0 Å². The number of esters is 3. The van der Waals surface area contributed by atoms with Crippen molar-refractivity contribution in [3.8, 4) is 0 Å². The summed E-state index contributed by atoms with van der Waals surface area (Å²) in [4.78, 5) is 34.3. The Morgan fingerprint density at radius 1 is 1.04 bits per heavy atom. The van der Waals surface area contributed by atoms with Gasteiger partial charge in [0, 0.05) is 5.69 Å². The average molecular weight is 361 g/mol. The Kier molecular flexibility index (Phi) is 6.54. The summed E-state index contributed by atoms with van der Waals surface area (Å²) in [5, 5.41) is 2.33. The lowest BCUT2D eigenvalue weighted by molar-refractivity contribution is -0.138. The van der Waals surface area contributed by atoms with E-state index in [0.29, 0.717) is 12.1 Å². The molecule has 0 heterocycles. The van der Waals surface area contributed by atoms with Crippen LogP contribution in [0, 0.1) is 0 Å². The molecule has 25 heavy (non-hydrogen) atoms. The average Bonchev–Trinajstić information content (AvgIpc) is 2.58. The molecule has 0 aliphatic rings. The second kappa shape index (κ2) is 8.18. The molecule has 1 aromatic carbocycles. The van der Waals surface area contributed by atoms with Gasteiger partial charge in [0.2, 0.25) is 0 Å². The van der Waals surface area contributed by atoms with Crippen LogP contribution >= 0.6 is 0 Å². The number of carbonyl (C=O) groups excluding carboxylic acids is 3. The van der Waals surface area contributed by atoms with E-state index in [-0.39, 0.29) is 5.69 Å². The minimum Gasteiger partial charge on any atom is -0.466 e. The first-order valence-electron chi connectivity index (χ1n) is 6.58. The van der Waals surface area contributed by atoms with Gasteiger partial charge in [-0.1, -0.05) is 0 Å². The first-order valence-corrected chi connectivity index (χ1v) is 6.58. The first-order chi connectivity index (χ1) is 11.6. The largest absolute Gasteiger partial charge is 0.466 e. The molecule has 0 radical (unpaired) electrons. The molecule has 1 rings (SSSR count). The summed E-state index contributed by atoms with van der Waals surface area (Å²) in [6, 6.07) is 2.58. The number of alkyl halides is 3. The molecule has 136 valence electrons. The lowest BCUT2D eigenvalue weighted by Crippen LogP contribution is -2.17. The molecule has 0 bridgehead atoms. The number of nitrogens with one attached hydrogen (secondary N) is 1. The van der Waals surface area contributed by atoms with Gasteiger partial charge >= 0.3 is 24.1 Å². The Morgan fingerprint density at radius 3 is 2.16 bits per heavy atom. The Balaban J connectivity index is 3.33. The Hall–Kier alpha value is -3.04. The SMILES string of the molecule is COC(=O)/C=C(/Nc1ccc(C(=O)OC)c(C(F)(F)F)c1)C(=O)OC. The van der Waals surface area contributed by atoms with E-state index < -0.39 is 40.9 Å². The molecule has 0 atom stereocenters. The number of anilines is 1. The van der Waals surface area contributed by atoms with Gasteiger partial charge in [-0.2, -0.15) is 13.2 Å². The second-order valence-electron chi connectivity index (χ2n) is 4.45. The van der Waals surface area contributed by atoms with Gasteiger partial charge in [-0.05, 0) is 18.2 Å². The van der Waals surface area contributed by atoms with Crippen LogP contribution < -0.4 is 5.32 Å². The molecule has 0 aliphatic heterocycles. The molecule has 0 unspecified atom stereocenters. The minimum atomic E-state index is -4.85. The van der Waals surface area contributed by atoms with E-state index in [0.717, 1.165) is 33.5 Å². The van der Waals surface area contributed by atoms with Crippen LogP contribution in [0.3, 0.4) is 0 Å². The number of rotatable bonds is 5. The third kappa shape index (κ3) is 5.23. The maximum atomic E-state index is 13.1. The van der Waals surface area contributed by atoms with Crippen molar-refractivity contribution in [3.63, 3.8) is 0 Å². The number of halogens is 3. The third-order valence-corrected chi connectivity index (χ3v) is 2.88. The fourth-order valence-corrected chi connectivity index (χ4v) is 1.73. The maximum Gasteiger partial charge on any atom is 0.417 e. The zero-order chi connectivity index (χ0) is 19.2. The van der Waals surface area contributed by atoms with Gasteiger partial charge < -0.3 is 19.5 Å². The van der Waals surface area contributed by atoms with Crippen molar-refractivity contribution in [3.05, 3.63) is 41.1 Å². The summed E-state index contributed by atoms with van der Waals surface area (Å²) in [5.41, 5.74) is -2.63. The fourth-order valence-electron chi connectivity index (χ4n) is 1.73. The summed E-state index contributed by atoms with van der Waals surface area (Å²) in [6.45, 7) is 0. The predicted octanol–water partition coefficient (Wildman–Crippen LogP) is 2.13. The summed E-state index contributed by atoms with van der Waals surface area (Å²) in [7, 11) is 3.03. The van der Waals surface area contributed by atoms with E-state index in [1.807, 2.05) is 0 Å². The van der Waals surface area contributed by atoms with Gasteiger partial charge in [-0.15, -0.1) is 0 Å². The van der Waals surface area contributed by atoms with Crippen molar-refractivity contribution in [2.24, 2.45) is 0 Å². The molecule has 0 saturated carbocycles. The number of carbonyl (C=O) groups is 3. The van der Waals surface area contributed by atoms with E-state index in [1.54, 1.807) is 0 Å². The van der Waals surface area contributed by atoms with Crippen LogP contribution in [-0.4, -0.2) is 39.2 Å². The van der Waals surface area contributed by atoms with Crippen LogP contribution in [0.25, 0.3) is 0 Å². The van der Waals surface area contributed by atoms with E-state index in [9.17, 15) is 27.6 Å². The van der Waals surface area contributed by atoms with E-state index in [4.69, 9.17) is 0 Å². The molecule has 1 N–H and O–H groups in total. The topological polar surface area (TPSA) is 90.9 Å². The Labute approximate surface area is 140 Å². The van der Waals surface area contributed by atoms with E-state index >= 15 is 0 Å². The van der Waals surface area contributed by atoms with Gasteiger partial charge in [0.05, 0.1) is 38.5 Å². The highest BCUT2D eigenvalue weighted by atomic mass is 19.4. The van der Waals surface area contributed by atoms with Crippen LogP contribution in [0.5, 0.6) is 0 Å². The quantitative estimate of drug-likeness (QED) is 0.488. The lowest BCUT2D eigenvalue weighted by atomic mass is 10.1. The van der Waals surface area contributed by atoms with Crippen molar-refractivity contribution >= 4 is 23.6 Å². The lowest BCUT2D eigenvalue weighted by Gasteiger charge is -2.15. The normalized spacial score (nSPS) is 11.5. The third-order valence-electron chi connectivity index (χ3n) is 2.88. The van der Waals surface area contributed by atoms with Crippen molar-refractivity contribution in [2.75, 3.05) is 26.6 Å². The summed E-state index contributed by atoms with van der Waals surface area (Å²) < 4.78 is 52.5. The Morgan fingerprint density at radius 2 is 1.68 bits per heavy atom. The first kappa shape index (κ1) is 20.0. The van der Waals surface area contributed by atoms with Gasteiger partial charge in [0.1, 0.15) is 5.70 Å². The molecule has 0 aliphatic carbocycles. The van der Waals surface area contributed by atoms with Crippen molar-refractivity contribution in [1.29, 1.82) is 0 Å². The number of hydrogen-bond acceptors (Lipinski definition) is 7. The van der Waals surface area contributed by atoms with Crippen LogP contribution in [0.1, 0.15) is 15.9 Å². The molecule has 0 aromatic heterocycles. The standard InChI is InChI=1S/C15H14F3NO6/c1-23-12(20)7-11(14(22)25-3)19-8-4-5-9(13(21)24-2)10(6-8)15(16,17)18/h4-7,19H,1-3H3/b11-7+. The summed E-state index contributed by atoms with van der Waals surface area (Å²) in [6.07, 6.45) is -4.13. The van der Waals surface area contributed by atoms with Crippen LogP contribution in [-0.2, 0) is 30.0 Å². The molecule has 0 saturated heterocycles.